The van der Waals surface area contributed by atoms with Crippen molar-refractivity contribution in [3.8, 4) is 11.8 Å². The second-order valence-corrected chi connectivity index (χ2v) is 6.67. The quantitative estimate of drug-likeness (QED) is 0.519. The molecule has 0 aliphatic heterocycles. The number of nitrogens with two attached hydrogens (primary N) is 1. The predicted octanol–water partition coefficient (Wildman–Crippen LogP) is 3.71. The van der Waals surface area contributed by atoms with Crippen LogP contribution in [0.3, 0.4) is 0 Å². The van der Waals surface area contributed by atoms with Crippen LogP contribution in [-0.2, 0) is 6.54 Å². The first-order valence-corrected chi connectivity index (χ1v) is 9.37. The highest BCUT2D eigenvalue weighted by molar-refractivity contribution is 6.00. The van der Waals surface area contributed by atoms with Crippen LogP contribution >= 0.6 is 0 Å². The first-order valence-electron chi connectivity index (χ1n) is 9.37. The Morgan fingerprint density at radius 1 is 0.900 bits per heavy atom. The van der Waals surface area contributed by atoms with Crippen molar-refractivity contribution in [1.82, 2.24) is 5.32 Å². The molecule has 4 aromatic rings. The Bertz CT molecular complexity index is 1330. The van der Waals surface area contributed by atoms with Gasteiger partial charge in [0.25, 0.3) is 5.91 Å². The molecule has 0 aliphatic carbocycles. The summed E-state index contributed by atoms with van der Waals surface area (Å²) in [5, 5.41) is 2.97. The van der Waals surface area contributed by atoms with Crippen LogP contribution in [0.15, 0.2) is 88.1 Å². The summed E-state index contributed by atoms with van der Waals surface area (Å²) in [6.45, 7) is 0.277. The Balaban J connectivity index is 1.66. The van der Waals surface area contributed by atoms with Gasteiger partial charge in [0.05, 0.1) is 5.39 Å². The third-order valence-corrected chi connectivity index (χ3v) is 4.57. The number of fused-ring (bicyclic) bond motifs is 1. The van der Waals surface area contributed by atoms with Gasteiger partial charge < -0.3 is 15.5 Å². The molecule has 0 spiro atoms. The summed E-state index contributed by atoms with van der Waals surface area (Å²) in [6, 6.07) is 23.9. The number of benzene rings is 3. The van der Waals surface area contributed by atoms with Crippen molar-refractivity contribution < 1.29 is 9.21 Å². The van der Waals surface area contributed by atoms with Crippen molar-refractivity contribution in [2.75, 3.05) is 5.73 Å². The molecule has 0 bridgehead atoms. The molecule has 3 N–H and O–H groups in total. The average molecular weight is 394 g/mol. The van der Waals surface area contributed by atoms with Crippen LogP contribution in [0.2, 0.25) is 0 Å². The fraction of sp³-hybridized carbons (Fsp3) is 0.0400. The molecule has 0 saturated heterocycles. The summed E-state index contributed by atoms with van der Waals surface area (Å²) in [7, 11) is 0. The molecule has 0 radical (unpaired) electrons. The molecule has 1 heterocycles. The Hall–Kier alpha value is -4.30. The molecule has 30 heavy (non-hydrogen) atoms. The lowest BCUT2D eigenvalue weighted by Crippen LogP contribution is -2.29. The molecule has 146 valence electrons. The van der Waals surface area contributed by atoms with E-state index in [0.717, 1.165) is 11.1 Å². The van der Waals surface area contributed by atoms with E-state index in [-0.39, 0.29) is 23.4 Å². The van der Waals surface area contributed by atoms with Crippen LogP contribution < -0.4 is 16.5 Å². The highest BCUT2D eigenvalue weighted by atomic mass is 16.3. The van der Waals surface area contributed by atoms with Crippen molar-refractivity contribution >= 4 is 22.8 Å². The van der Waals surface area contributed by atoms with E-state index in [2.05, 4.69) is 17.2 Å². The smallest absolute Gasteiger partial charge is 0.261 e. The molecule has 1 aromatic heterocycles. The van der Waals surface area contributed by atoms with E-state index in [0.29, 0.717) is 11.1 Å². The van der Waals surface area contributed by atoms with Crippen LogP contribution in [0, 0.1) is 11.8 Å². The van der Waals surface area contributed by atoms with Gasteiger partial charge in [0.1, 0.15) is 11.1 Å². The zero-order valence-electron chi connectivity index (χ0n) is 16.0. The van der Waals surface area contributed by atoms with E-state index in [4.69, 9.17) is 10.2 Å². The lowest BCUT2D eigenvalue weighted by atomic mass is 10.1. The second kappa shape index (κ2) is 8.38. The number of rotatable bonds is 3. The van der Waals surface area contributed by atoms with Gasteiger partial charge >= 0.3 is 0 Å². The molecule has 0 atom stereocenters. The number of hydrogen-bond donors (Lipinski definition) is 2. The molecule has 3 aromatic carbocycles. The monoisotopic (exact) mass is 394 g/mol. The van der Waals surface area contributed by atoms with E-state index < -0.39 is 11.3 Å². The first kappa shape index (κ1) is 19.0. The van der Waals surface area contributed by atoms with E-state index in [1.807, 2.05) is 60.7 Å². The lowest BCUT2D eigenvalue weighted by molar-refractivity contribution is 0.0949. The fourth-order valence-electron chi connectivity index (χ4n) is 3.04. The normalized spacial score (nSPS) is 10.3. The first-order chi connectivity index (χ1) is 14.6. The number of amides is 1. The summed E-state index contributed by atoms with van der Waals surface area (Å²) in [5.74, 6) is 5.29. The Labute approximate surface area is 173 Å². The molecule has 0 fully saturated rings. The minimum Gasteiger partial charge on any atom is -0.440 e. The highest BCUT2D eigenvalue weighted by Gasteiger charge is 2.19. The SMILES string of the molecule is Nc1oc2ccc(C#Cc3ccccc3)cc2c(=O)c1C(=O)NCc1ccccc1. The van der Waals surface area contributed by atoms with Gasteiger partial charge in [-0.15, -0.1) is 0 Å². The van der Waals surface area contributed by atoms with Crippen LogP contribution in [0.1, 0.15) is 27.0 Å². The largest absolute Gasteiger partial charge is 0.440 e. The van der Waals surface area contributed by atoms with Gasteiger partial charge in [0, 0.05) is 17.7 Å². The van der Waals surface area contributed by atoms with E-state index in [1.54, 1.807) is 18.2 Å². The third-order valence-electron chi connectivity index (χ3n) is 4.57. The highest BCUT2D eigenvalue weighted by Crippen LogP contribution is 2.19. The molecule has 4 rings (SSSR count). The average Bonchev–Trinajstić information content (AvgIpc) is 2.78. The molecule has 5 nitrogen and oxygen atoms in total. The zero-order valence-corrected chi connectivity index (χ0v) is 16.0. The Morgan fingerprint density at radius 2 is 1.57 bits per heavy atom. The number of anilines is 1. The van der Waals surface area contributed by atoms with E-state index in [9.17, 15) is 9.59 Å². The van der Waals surface area contributed by atoms with Crippen molar-refractivity contribution in [3.05, 3.63) is 111 Å². The van der Waals surface area contributed by atoms with Gasteiger partial charge in [-0.05, 0) is 35.9 Å². The lowest BCUT2D eigenvalue weighted by Gasteiger charge is -2.08. The number of carbonyl (C=O) groups excluding carboxylic acids is 1. The van der Waals surface area contributed by atoms with Crippen molar-refractivity contribution in [1.29, 1.82) is 0 Å². The third kappa shape index (κ3) is 4.08. The van der Waals surface area contributed by atoms with Gasteiger partial charge in [-0.25, -0.2) is 0 Å². The number of nitrogen functional groups attached to an aromatic ring is 1. The van der Waals surface area contributed by atoms with Gasteiger partial charge in [-0.2, -0.15) is 0 Å². The second-order valence-electron chi connectivity index (χ2n) is 6.67. The number of carbonyl (C=O) groups is 1. The molecular weight excluding hydrogens is 376 g/mol. The van der Waals surface area contributed by atoms with Gasteiger partial charge in [0.15, 0.2) is 0 Å². The molecule has 0 saturated carbocycles. The molecule has 1 amide bonds. The maximum absolute atomic E-state index is 13.0. The predicted molar refractivity (Wildman–Crippen MR) is 117 cm³/mol. The summed E-state index contributed by atoms with van der Waals surface area (Å²) in [5.41, 5.74) is 7.91. The topological polar surface area (TPSA) is 85.3 Å². The van der Waals surface area contributed by atoms with Crippen molar-refractivity contribution in [3.63, 3.8) is 0 Å². The van der Waals surface area contributed by atoms with Crippen LogP contribution in [0.5, 0.6) is 0 Å². The van der Waals surface area contributed by atoms with E-state index in [1.165, 1.54) is 0 Å². The maximum atomic E-state index is 13.0. The van der Waals surface area contributed by atoms with Crippen molar-refractivity contribution in [2.24, 2.45) is 0 Å². The fourth-order valence-corrected chi connectivity index (χ4v) is 3.04. The Kier molecular flexibility index (Phi) is 5.31. The van der Waals surface area contributed by atoms with Crippen LogP contribution in [0.25, 0.3) is 11.0 Å². The van der Waals surface area contributed by atoms with Crippen LogP contribution in [-0.4, -0.2) is 5.91 Å². The standard InChI is InChI=1S/C25H18N2O3/c26-24-22(25(29)27-16-19-9-5-2-6-10-19)23(28)20-15-18(13-14-21(20)30-24)12-11-17-7-3-1-4-8-17/h1-10,13-15H,16,26H2,(H,27,29). The minimum atomic E-state index is -0.576. The number of nitrogens with one attached hydrogen (secondary N) is 1. The van der Waals surface area contributed by atoms with Crippen LogP contribution in [0.4, 0.5) is 5.88 Å². The summed E-state index contributed by atoms with van der Waals surface area (Å²) in [6.07, 6.45) is 0. The summed E-state index contributed by atoms with van der Waals surface area (Å²) in [4.78, 5) is 25.6. The minimum absolute atomic E-state index is 0.202. The Morgan fingerprint density at radius 3 is 2.30 bits per heavy atom. The van der Waals surface area contributed by atoms with E-state index >= 15 is 0 Å². The molecule has 5 heteroatoms. The van der Waals surface area contributed by atoms with Gasteiger partial charge in [0.2, 0.25) is 11.3 Å². The zero-order chi connectivity index (χ0) is 20.9. The van der Waals surface area contributed by atoms with Gasteiger partial charge in [-0.3, -0.25) is 9.59 Å². The molecule has 0 aliphatic rings. The summed E-state index contributed by atoms with van der Waals surface area (Å²) >= 11 is 0. The number of hydrogen-bond acceptors (Lipinski definition) is 4. The van der Waals surface area contributed by atoms with Gasteiger partial charge in [-0.1, -0.05) is 60.4 Å². The summed E-state index contributed by atoms with van der Waals surface area (Å²) < 4.78 is 5.53. The molecule has 0 unspecified atom stereocenters. The van der Waals surface area contributed by atoms with Crippen molar-refractivity contribution in [2.45, 2.75) is 6.54 Å². The maximum Gasteiger partial charge on any atom is 0.261 e. The molecular formula is C25H18N2O3.